The zero-order valence-electron chi connectivity index (χ0n) is 9.81. The van der Waals surface area contributed by atoms with Crippen molar-refractivity contribution in [1.82, 2.24) is 5.32 Å². The van der Waals surface area contributed by atoms with E-state index in [0.29, 0.717) is 21.1 Å². The summed E-state index contributed by atoms with van der Waals surface area (Å²) >= 11 is 5.43. The molecule has 1 aliphatic rings. The van der Waals surface area contributed by atoms with Gasteiger partial charge in [-0.3, -0.25) is 4.79 Å². The van der Waals surface area contributed by atoms with Crippen LogP contribution >= 0.6 is 38.5 Å². The molecule has 1 fully saturated rings. The summed E-state index contributed by atoms with van der Waals surface area (Å²) in [6.07, 6.45) is 3.45. The molecule has 0 heterocycles. The molecule has 1 N–H and O–H groups in total. The van der Waals surface area contributed by atoms with Gasteiger partial charge < -0.3 is 5.32 Å². The van der Waals surface area contributed by atoms with Gasteiger partial charge in [0.2, 0.25) is 0 Å². The molecule has 0 unspecified atom stereocenters. The van der Waals surface area contributed by atoms with Crippen LogP contribution in [-0.2, 0) is 0 Å². The van der Waals surface area contributed by atoms with Crippen LogP contribution in [0.15, 0.2) is 18.2 Å². The van der Waals surface area contributed by atoms with Crippen molar-refractivity contribution in [2.45, 2.75) is 19.3 Å². The maximum atomic E-state index is 13.0. The molecule has 0 bridgehead atoms. The number of alkyl halides is 1. The average molecular weight is 426 g/mol. The first-order valence-corrected chi connectivity index (χ1v) is 8.06. The van der Waals surface area contributed by atoms with E-state index in [1.165, 1.54) is 31.0 Å². The summed E-state index contributed by atoms with van der Waals surface area (Å²) in [5.41, 5.74) is 0.844. The molecule has 5 heteroatoms. The maximum Gasteiger partial charge on any atom is 0.252 e. The highest BCUT2D eigenvalue weighted by atomic mass is 127. The minimum atomic E-state index is -0.311. The Morgan fingerprint density at radius 2 is 2.22 bits per heavy atom. The van der Waals surface area contributed by atoms with E-state index < -0.39 is 0 Å². The third-order valence-corrected chi connectivity index (χ3v) is 4.67. The molecular formula is C13H14BrFINO. The Bertz CT molecular complexity index is 462. The summed E-state index contributed by atoms with van der Waals surface area (Å²) in [4.78, 5) is 12.0. The molecule has 98 valence electrons. The number of benzene rings is 1. The second kappa shape index (κ2) is 5.86. The molecule has 0 saturated heterocycles. The van der Waals surface area contributed by atoms with Crippen LogP contribution in [0.3, 0.4) is 0 Å². The van der Waals surface area contributed by atoms with Crippen molar-refractivity contribution in [2.24, 2.45) is 5.41 Å². The lowest BCUT2D eigenvalue weighted by Crippen LogP contribution is -2.31. The number of nitrogens with one attached hydrogen (secondary N) is 1. The monoisotopic (exact) mass is 425 g/mol. The predicted molar refractivity (Wildman–Crippen MR) is 81.5 cm³/mol. The van der Waals surface area contributed by atoms with Gasteiger partial charge in [0.1, 0.15) is 5.82 Å². The summed E-state index contributed by atoms with van der Waals surface area (Å²) < 4.78 is 13.6. The van der Waals surface area contributed by atoms with Crippen molar-refractivity contribution in [3.63, 3.8) is 0 Å². The van der Waals surface area contributed by atoms with Crippen LogP contribution in [-0.4, -0.2) is 17.8 Å². The number of carbonyl (C=O) groups is 1. The van der Waals surface area contributed by atoms with E-state index in [-0.39, 0.29) is 11.7 Å². The number of carbonyl (C=O) groups excluding carboxylic acids is 1. The standard InChI is InChI=1S/C13H14BrFINO/c14-6-5-13(3-4-13)8-17-12(18)10-2-1-9(15)7-11(10)16/h1-2,7H,3-6,8H2,(H,17,18). The number of halogens is 3. The van der Waals surface area contributed by atoms with Gasteiger partial charge in [0.15, 0.2) is 0 Å². The SMILES string of the molecule is O=C(NCC1(CCBr)CC1)c1ccc(F)cc1I. The summed E-state index contributed by atoms with van der Waals surface area (Å²) in [5, 5.41) is 3.93. The first-order chi connectivity index (χ1) is 8.56. The van der Waals surface area contributed by atoms with Gasteiger partial charge in [0.25, 0.3) is 5.91 Å². The lowest BCUT2D eigenvalue weighted by Gasteiger charge is -2.15. The van der Waals surface area contributed by atoms with Crippen molar-refractivity contribution in [1.29, 1.82) is 0 Å². The van der Waals surface area contributed by atoms with E-state index in [9.17, 15) is 9.18 Å². The van der Waals surface area contributed by atoms with Gasteiger partial charge in [-0.15, -0.1) is 0 Å². The first kappa shape index (κ1) is 14.2. The van der Waals surface area contributed by atoms with Gasteiger partial charge in [0.05, 0.1) is 5.56 Å². The average Bonchev–Trinajstić information content (AvgIpc) is 3.07. The topological polar surface area (TPSA) is 29.1 Å². The van der Waals surface area contributed by atoms with Gasteiger partial charge in [-0.25, -0.2) is 4.39 Å². The molecule has 1 aromatic carbocycles. The summed E-state index contributed by atoms with van der Waals surface area (Å²) in [6.45, 7) is 0.713. The molecule has 2 nitrogen and oxygen atoms in total. The molecule has 0 spiro atoms. The Morgan fingerprint density at radius 3 is 2.78 bits per heavy atom. The molecule has 1 saturated carbocycles. The van der Waals surface area contributed by atoms with Crippen LogP contribution in [0.25, 0.3) is 0 Å². The van der Waals surface area contributed by atoms with Crippen molar-refractivity contribution in [2.75, 3.05) is 11.9 Å². The Hall–Kier alpha value is -0.170. The maximum absolute atomic E-state index is 13.0. The van der Waals surface area contributed by atoms with Crippen LogP contribution in [0, 0.1) is 14.8 Å². The molecule has 1 amide bonds. The lowest BCUT2D eigenvalue weighted by atomic mass is 10.0. The Labute approximate surface area is 128 Å². The zero-order chi connectivity index (χ0) is 13.2. The smallest absolute Gasteiger partial charge is 0.252 e. The number of rotatable bonds is 5. The molecule has 0 aliphatic heterocycles. The Kier molecular flexibility index (Phi) is 4.64. The summed E-state index contributed by atoms with van der Waals surface area (Å²) in [5.74, 6) is -0.422. The fourth-order valence-electron chi connectivity index (χ4n) is 1.93. The van der Waals surface area contributed by atoms with Crippen molar-refractivity contribution in [3.8, 4) is 0 Å². The van der Waals surface area contributed by atoms with Crippen molar-refractivity contribution < 1.29 is 9.18 Å². The largest absolute Gasteiger partial charge is 0.351 e. The molecule has 0 aromatic heterocycles. The van der Waals surface area contributed by atoms with Gasteiger partial charge in [-0.2, -0.15) is 0 Å². The van der Waals surface area contributed by atoms with Gasteiger partial charge >= 0.3 is 0 Å². The molecule has 18 heavy (non-hydrogen) atoms. The number of amides is 1. The second-order valence-electron chi connectivity index (χ2n) is 4.75. The number of hydrogen-bond donors (Lipinski definition) is 1. The molecule has 1 aliphatic carbocycles. The zero-order valence-corrected chi connectivity index (χ0v) is 13.6. The highest BCUT2D eigenvalue weighted by Gasteiger charge is 2.41. The highest BCUT2D eigenvalue weighted by Crippen LogP contribution is 2.48. The Morgan fingerprint density at radius 1 is 1.50 bits per heavy atom. The Balaban J connectivity index is 1.96. The predicted octanol–water partition coefficient (Wildman–Crippen LogP) is 3.73. The van der Waals surface area contributed by atoms with Crippen molar-refractivity contribution in [3.05, 3.63) is 33.1 Å². The van der Waals surface area contributed by atoms with Crippen LogP contribution < -0.4 is 5.32 Å². The molecule has 1 aromatic rings. The fraction of sp³-hybridized carbons (Fsp3) is 0.462. The quantitative estimate of drug-likeness (QED) is 0.565. The third kappa shape index (κ3) is 3.44. The van der Waals surface area contributed by atoms with E-state index in [1.807, 2.05) is 22.6 Å². The van der Waals surface area contributed by atoms with Crippen LogP contribution in [0.5, 0.6) is 0 Å². The third-order valence-electron chi connectivity index (χ3n) is 3.38. The minimum absolute atomic E-state index is 0.111. The molecular weight excluding hydrogens is 412 g/mol. The van der Waals surface area contributed by atoms with Gasteiger partial charge in [0, 0.05) is 15.4 Å². The van der Waals surface area contributed by atoms with E-state index in [0.717, 1.165) is 11.8 Å². The fourth-order valence-corrected chi connectivity index (χ4v) is 3.49. The van der Waals surface area contributed by atoms with Crippen LogP contribution in [0.2, 0.25) is 0 Å². The van der Waals surface area contributed by atoms with Crippen LogP contribution in [0.1, 0.15) is 29.6 Å². The van der Waals surface area contributed by atoms with E-state index in [2.05, 4.69) is 21.2 Å². The molecule has 0 atom stereocenters. The van der Waals surface area contributed by atoms with E-state index >= 15 is 0 Å². The minimum Gasteiger partial charge on any atom is -0.351 e. The molecule has 0 radical (unpaired) electrons. The molecule has 2 rings (SSSR count). The van der Waals surface area contributed by atoms with Crippen molar-refractivity contribution >= 4 is 44.4 Å². The lowest BCUT2D eigenvalue weighted by molar-refractivity contribution is 0.0943. The van der Waals surface area contributed by atoms with Gasteiger partial charge in [-0.1, -0.05) is 15.9 Å². The first-order valence-electron chi connectivity index (χ1n) is 5.86. The van der Waals surface area contributed by atoms with E-state index in [4.69, 9.17) is 0 Å². The normalized spacial score (nSPS) is 16.4. The summed E-state index contributed by atoms with van der Waals surface area (Å²) in [7, 11) is 0. The van der Waals surface area contributed by atoms with Crippen LogP contribution in [0.4, 0.5) is 4.39 Å². The van der Waals surface area contributed by atoms with Gasteiger partial charge in [-0.05, 0) is 65.5 Å². The number of hydrogen-bond acceptors (Lipinski definition) is 1. The van der Waals surface area contributed by atoms with E-state index in [1.54, 1.807) is 0 Å². The summed E-state index contributed by atoms with van der Waals surface area (Å²) in [6, 6.07) is 4.24. The second-order valence-corrected chi connectivity index (χ2v) is 6.70. The highest BCUT2D eigenvalue weighted by molar-refractivity contribution is 14.1.